The number of aliphatic hydroxyl groups excluding tert-OH is 1. The van der Waals surface area contributed by atoms with Crippen molar-refractivity contribution in [2.75, 3.05) is 39.8 Å². The quantitative estimate of drug-likeness (QED) is 0.205. The van der Waals surface area contributed by atoms with E-state index in [0.29, 0.717) is 18.4 Å². The van der Waals surface area contributed by atoms with Crippen LogP contribution in [-0.4, -0.2) is 105 Å². The van der Waals surface area contributed by atoms with Gasteiger partial charge in [-0.1, -0.05) is 19.8 Å². The normalized spacial score (nSPS) is 17.0. The fourth-order valence-electron chi connectivity index (χ4n) is 4.66. The van der Waals surface area contributed by atoms with Gasteiger partial charge in [0.25, 0.3) is 0 Å². The van der Waals surface area contributed by atoms with Gasteiger partial charge in [-0.15, -0.1) is 0 Å². The lowest BCUT2D eigenvalue weighted by atomic mass is 9.80. The van der Waals surface area contributed by atoms with Crippen molar-refractivity contribution in [3.63, 3.8) is 0 Å². The summed E-state index contributed by atoms with van der Waals surface area (Å²) in [5, 5.41) is 42.9. The number of likely N-dealkylation sites (N-methyl/N-ethyl adjacent to an activating group) is 1. The number of carboxylic acids is 3. The van der Waals surface area contributed by atoms with Crippen LogP contribution in [-0.2, 0) is 20.6 Å². The first kappa shape index (κ1) is 37.6. The summed E-state index contributed by atoms with van der Waals surface area (Å²) >= 11 is 0. The molecule has 0 spiro atoms. The zero-order chi connectivity index (χ0) is 32.8. The third-order valence-electron chi connectivity index (χ3n) is 7.20. The summed E-state index contributed by atoms with van der Waals surface area (Å²) in [6.07, 6.45) is -1.80. The second kappa shape index (κ2) is 17.6. The molecule has 1 aliphatic rings. The van der Waals surface area contributed by atoms with Crippen LogP contribution in [0.5, 0.6) is 5.75 Å². The summed E-state index contributed by atoms with van der Waals surface area (Å²) in [5.74, 6) is -3.69. The minimum atomic E-state index is -4.41. The van der Waals surface area contributed by atoms with Gasteiger partial charge in [-0.2, -0.15) is 13.2 Å². The topological polar surface area (TPSA) is 185 Å². The highest BCUT2D eigenvalue weighted by Gasteiger charge is 2.40. The highest BCUT2D eigenvalue weighted by molar-refractivity contribution is 5.88. The SMILES string of the molecule is CCN(CCO)CC1CCC(CCN(C)C(=O)Oc2ccc(C(F)(F)F)cc2)CC1.O=C(O)CC(O)(CC(=O)O)C(=O)O. The molecule has 43 heavy (non-hydrogen) atoms. The number of rotatable bonds is 14. The second-order valence-corrected chi connectivity index (χ2v) is 10.6. The molecule has 1 amide bonds. The third-order valence-corrected chi connectivity index (χ3v) is 7.20. The molecule has 1 saturated carbocycles. The van der Waals surface area contributed by atoms with Crippen LogP contribution in [0, 0.1) is 11.8 Å². The Kier molecular flexibility index (Phi) is 15.4. The van der Waals surface area contributed by atoms with Crippen LogP contribution >= 0.6 is 0 Å². The molecule has 1 aromatic carbocycles. The number of carbonyl (C=O) groups excluding carboxylic acids is 1. The maximum Gasteiger partial charge on any atom is 0.416 e. The zero-order valence-electron chi connectivity index (χ0n) is 24.3. The Hall–Kier alpha value is -3.43. The summed E-state index contributed by atoms with van der Waals surface area (Å²) in [6.45, 7) is 5.57. The first-order valence-corrected chi connectivity index (χ1v) is 13.8. The van der Waals surface area contributed by atoms with Crippen LogP contribution in [0.1, 0.15) is 57.4 Å². The van der Waals surface area contributed by atoms with Crippen LogP contribution in [0.3, 0.4) is 0 Å². The number of amides is 1. The molecule has 1 aliphatic carbocycles. The van der Waals surface area contributed by atoms with E-state index in [-0.39, 0.29) is 12.4 Å². The Bertz CT molecular complexity index is 1030. The molecule has 2 rings (SSSR count). The standard InChI is InChI=1S/C22H33F3N2O3.C6H8O7/c1-3-27(14-15-28)16-18-6-4-17(5-7-18)12-13-26(2)21(29)30-20-10-8-19(9-11-20)22(23,24)25;7-3(8)1-6(13,5(11)12)2-4(9)10/h8-11,17-18,28H,3-7,12-16H2,1-2H3;13H,1-2H2,(H,7,8)(H,9,10)(H,11,12). The third kappa shape index (κ3) is 14.1. The number of benzene rings is 1. The second-order valence-electron chi connectivity index (χ2n) is 10.6. The molecular weight excluding hydrogens is 581 g/mol. The fraction of sp³-hybridized carbons (Fsp3) is 0.643. The molecule has 0 saturated heterocycles. The lowest BCUT2D eigenvalue weighted by Crippen LogP contribution is -2.42. The maximum atomic E-state index is 12.6. The average molecular weight is 623 g/mol. The minimum absolute atomic E-state index is 0.101. The van der Waals surface area contributed by atoms with Crippen LogP contribution in [0.25, 0.3) is 0 Å². The molecule has 0 unspecified atom stereocenters. The highest BCUT2D eigenvalue weighted by Crippen LogP contribution is 2.32. The monoisotopic (exact) mass is 622 g/mol. The van der Waals surface area contributed by atoms with Gasteiger partial charge in [0.1, 0.15) is 5.75 Å². The van der Waals surface area contributed by atoms with Gasteiger partial charge in [0.2, 0.25) is 0 Å². The summed E-state index contributed by atoms with van der Waals surface area (Å²) in [7, 11) is 1.64. The Balaban J connectivity index is 0.000000599. The predicted molar refractivity (Wildman–Crippen MR) is 146 cm³/mol. The van der Waals surface area contributed by atoms with Crippen molar-refractivity contribution in [1.29, 1.82) is 0 Å². The van der Waals surface area contributed by atoms with E-state index >= 15 is 0 Å². The van der Waals surface area contributed by atoms with Crippen LogP contribution < -0.4 is 4.74 Å². The van der Waals surface area contributed by atoms with Gasteiger partial charge in [-0.3, -0.25) is 9.59 Å². The summed E-state index contributed by atoms with van der Waals surface area (Å²) < 4.78 is 43.0. The number of aliphatic hydroxyl groups is 2. The Morgan fingerprint density at radius 3 is 1.84 bits per heavy atom. The van der Waals surface area contributed by atoms with Gasteiger partial charge < -0.3 is 40.1 Å². The number of carboxylic acid groups (broad SMARTS) is 3. The first-order valence-electron chi connectivity index (χ1n) is 13.8. The summed E-state index contributed by atoms with van der Waals surface area (Å²) in [5.41, 5.74) is -3.51. The van der Waals surface area contributed by atoms with Crippen molar-refractivity contribution in [2.24, 2.45) is 11.8 Å². The number of hydrogen-bond acceptors (Lipinski definition) is 8. The number of aliphatic carboxylic acids is 3. The van der Waals surface area contributed by atoms with Crippen molar-refractivity contribution in [2.45, 2.75) is 63.6 Å². The highest BCUT2D eigenvalue weighted by atomic mass is 19.4. The van der Waals surface area contributed by atoms with E-state index in [1.165, 1.54) is 4.90 Å². The molecule has 1 aromatic rings. The minimum Gasteiger partial charge on any atom is -0.481 e. The molecule has 0 heterocycles. The largest absolute Gasteiger partial charge is 0.481 e. The van der Waals surface area contributed by atoms with E-state index in [9.17, 15) is 32.3 Å². The van der Waals surface area contributed by atoms with Gasteiger partial charge >= 0.3 is 30.2 Å². The molecule has 15 heteroatoms. The lowest BCUT2D eigenvalue weighted by Gasteiger charge is -2.32. The summed E-state index contributed by atoms with van der Waals surface area (Å²) in [4.78, 5) is 46.4. The van der Waals surface area contributed by atoms with E-state index in [2.05, 4.69) is 11.8 Å². The van der Waals surface area contributed by atoms with Gasteiger partial charge in [-0.25, -0.2) is 9.59 Å². The zero-order valence-corrected chi connectivity index (χ0v) is 24.3. The molecule has 0 radical (unpaired) electrons. The number of hydrogen-bond donors (Lipinski definition) is 5. The number of alkyl halides is 3. The number of halogens is 3. The van der Waals surface area contributed by atoms with E-state index in [1.54, 1.807) is 7.05 Å². The molecule has 244 valence electrons. The van der Waals surface area contributed by atoms with E-state index in [1.807, 2.05) is 0 Å². The maximum absolute atomic E-state index is 12.6. The molecule has 0 bridgehead atoms. The van der Waals surface area contributed by atoms with Crippen molar-refractivity contribution >= 4 is 24.0 Å². The van der Waals surface area contributed by atoms with Crippen molar-refractivity contribution in [3.05, 3.63) is 29.8 Å². The Labute approximate surface area is 247 Å². The van der Waals surface area contributed by atoms with Gasteiger partial charge in [0.15, 0.2) is 5.60 Å². The van der Waals surface area contributed by atoms with Crippen molar-refractivity contribution < 1.29 is 62.6 Å². The van der Waals surface area contributed by atoms with Gasteiger partial charge in [0.05, 0.1) is 25.0 Å². The molecule has 5 N–H and O–H groups in total. The van der Waals surface area contributed by atoms with Crippen LogP contribution in [0.15, 0.2) is 24.3 Å². The predicted octanol–water partition coefficient (Wildman–Crippen LogP) is 3.40. The lowest BCUT2D eigenvalue weighted by molar-refractivity contribution is -0.170. The van der Waals surface area contributed by atoms with E-state index < -0.39 is 54.2 Å². The number of ether oxygens (including phenoxy) is 1. The van der Waals surface area contributed by atoms with Gasteiger partial charge in [0, 0.05) is 26.7 Å². The van der Waals surface area contributed by atoms with Crippen molar-refractivity contribution in [1.82, 2.24) is 9.80 Å². The van der Waals surface area contributed by atoms with Gasteiger partial charge in [-0.05, 0) is 61.9 Å². The number of nitrogens with zero attached hydrogens (tertiary/aromatic N) is 2. The molecule has 12 nitrogen and oxygen atoms in total. The number of carbonyl (C=O) groups is 4. The first-order chi connectivity index (χ1) is 20.0. The van der Waals surface area contributed by atoms with Crippen LogP contribution in [0.2, 0.25) is 0 Å². The average Bonchev–Trinajstić information content (AvgIpc) is 2.91. The van der Waals surface area contributed by atoms with Crippen LogP contribution in [0.4, 0.5) is 18.0 Å². The molecule has 0 aliphatic heterocycles. The fourth-order valence-corrected chi connectivity index (χ4v) is 4.66. The molecule has 1 fully saturated rings. The van der Waals surface area contributed by atoms with E-state index in [4.69, 9.17) is 30.3 Å². The Morgan fingerprint density at radius 2 is 1.42 bits per heavy atom. The summed E-state index contributed by atoms with van der Waals surface area (Å²) in [6, 6.07) is 4.13. The van der Waals surface area contributed by atoms with E-state index in [0.717, 1.165) is 76.0 Å². The molecule has 0 atom stereocenters. The smallest absolute Gasteiger partial charge is 0.416 e. The Morgan fingerprint density at radius 1 is 0.907 bits per heavy atom. The van der Waals surface area contributed by atoms with Crippen molar-refractivity contribution in [3.8, 4) is 5.75 Å². The molecule has 0 aromatic heterocycles. The molecular formula is C28H41F3N2O10.